The van der Waals surface area contributed by atoms with Crippen molar-refractivity contribution in [3.05, 3.63) is 0 Å². The predicted octanol–water partition coefficient (Wildman–Crippen LogP) is 3.86. The van der Waals surface area contributed by atoms with Gasteiger partial charge in [0, 0.05) is 11.3 Å². The van der Waals surface area contributed by atoms with Crippen molar-refractivity contribution in [1.82, 2.24) is 0 Å². The summed E-state index contributed by atoms with van der Waals surface area (Å²) in [7, 11) is 0. The molecule has 0 radical (unpaired) electrons. The number of hydrogen-bond acceptors (Lipinski definition) is 0. The van der Waals surface area contributed by atoms with Gasteiger partial charge in [0.2, 0.25) is 0 Å². The van der Waals surface area contributed by atoms with Crippen LogP contribution in [0.3, 0.4) is 0 Å². The van der Waals surface area contributed by atoms with Crippen LogP contribution in [0.5, 0.6) is 0 Å². The quantitative estimate of drug-likeness (QED) is 0.542. The Morgan fingerprint density at radius 1 is 1.00 bits per heavy atom. The minimum absolute atomic E-state index is 0.231. The van der Waals surface area contributed by atoms with Crippen LogP contribution < -0.4 is 0 Å². The molecule has 2 bridgehead atoms. The van der Waals surface area contributed by atoms with Crippen LogP contribution in [-0.4, -0.2) is 4.33 Å². The first kappa shape index (κ1) is 8.85. The molecule has 4 aliphatic rings. The van der Waals surface area contributed by atoms with Gasteiger partial charge in [-0.1, -0.05) is 20.8 Å². The highest BCUT2D eigenvalue weighted by atomic mass is 35.5. The van der Waals surface area contributed by atoms with Crippen LogP contribution >= 0.6 is 23.2 Å². The van der Waals surface area contributed by atoms with Crippen molar-refractivity contribution < 1.29 is 0 Å². The average molecular weight is 219 g/mol. The zero-order chi connectivity index (χ0) is 9.65. The van der Waals surface area contributed by atoms with E-state index in [4.69, 9.17) is 23.2 Å². The summed E-state index contributed by atoms with van der Waals surface area (Å²) >= 11 is 12.7. The maximum Gasteiger partial charge on any atom is 0.127 e. The first-order valence-corrected chi connectivity index (χ1v) is 5.96. The minimum atomic E-state index is -0.403. The molecular formula is C11H16Cl2. The lowest BCUT2D eigenvalue weighted by molar-refractivity contribution is -0.106. The molecule has 0 N–H and O–H groups in total. The summed E-state index contributed by atoms with van der Waals surface area (Å²) in [5.41, 5.74) is 0.727. The highest BCUT2D eigenvalue weighted by molar-refractivity contribution is 6.52. The van der Waals surface area contributed by atoms with Crippen LogP contribution in [-0.2, 0) is 0 Å². The third-order valence-corrected chi connectivity index (χ3v) is 6.85. The molecule has 13 heavy (non-hydrogen) atoms. The van der Waals surface area contributed by atoms with Gasteiger partial charge in [-0.05, 0) is 30.1 Å². The number of hydrogen-bond donors (Lipinski definition) is 0. The van der Waals surface area contributed by atoms with E-state index in [2.05, 4.69) is 20.8 Å². The molecule has 4 rings (SSSR count). The van der Waals surface area contributed by atoms with Crippen molar-refractivity contribution in [2.24, 2.45) is 28.6 Å². The van der Waals surface area contributed by atoms with E-state index in [1.807, 2.05) is 0 Å². The molecule has 74 valence electrons. The highest BCUT2D eigenvalue weighted by Crippen LogP contribution is 2.85. The standard InChI is InChI=1S/C11H16Cl2/c1-9(2)6-4-7(9)10(3)8(5-6)11(10,12)13/h6-8H,4-5H2,1-3H3/t6-,7-,8?,10?/m1/s1. The van der Waals surface area contributed by atoms with E-state index in [1.54, 1.807) is 0 Å². The van der Waals surface area contributed by atoms with Crippen molar-refractivity contribution in [2.45, 2.75) is 37.9 Å². The second-order valence-electron chi connectivity index (χ2n) is 6.00. The van der Waals surface area contributed by atoms with Gasteiger partial charge in [-0.15, -0.1) is 23.2 Å². The molecule has 0 heterocycles. The van der Waals surface area contributed by atoms with Gasteiger partial charge in [0.15, 0.2) is 0 Å². The zero-order valence-electron chi connectivity index (χ0n) is 8.40. The maximum atomic E-state index is 6.37. The number of alkyl halides is 2. The Morgan fingerprint density at radius 2 is 1.54 bits per heavy atom. The molecule has 4 atom stereocenters. The molecule has 4 saturated carbocycles. The van der Waals surface area contributed by atoms with E-state index >= 15 is 0 Å². The largest absolute Gasteiger partial charge is 0.127 e. The average Bonchev–Trinajstić information content (AvgIpc) is 2.46. The summed E-state index contributed by atoms with van der Waals surface area (Å²) in [6.45, 7) is 7.06. The van der Waals surface area contributed by atoms with Gasteiger partial charge in [-0.3, -0.25) is 0 Å². The number of halogens is 2. The van der Waals surface area contributed by atoms with E-state index in [9.17, 15) is 0 Å². The summed E-state index contributed by atoms with van der Waals surface area (Å²) in [6, 6.07) is 0. The molecule has 0 aromatic rings. The van der Waals surface area contributed by atoms with Crippen molar-refractivity contribution in [3.8, 4) is 0 Å². The van der Waals surface area contributed by atoms with Crippen molar-refractivity contribution in [2.75, 3.05) is 0 Å². The lowest BCUT2D eigenvalue weighted by atomic mass is 9.45. The van der Waals surface area contributed by atoms with Crippen LogP contribution in [0.2, 0.25) is 0 Å². The predicted molar refractivity (Wildman–Crippen MR) is 56.0 cm³/mol. The Morgan fingerprint density at radius 3 is 1.92 bits per heavy atom. The fraction of sp³-hybridized carbons (Fsp3) is 1.00. The van der Waals surface area contributed by atoms with Crippen molar-refractivity contribution in [3.63, 3.8) is 0 Å². The Hall–Kier alpha value is 0.580. The lowest BCUT2D eigenvalue weighted by Gasteiger charge is -2.59. The SMILES string of the molecule is CC1(C)[C@H]2CC3C(Cl)(Cl)C3(C)[C@@H]1C2. The third kappa shape index (κ3) is 0.678. The Labute approximate surface area is 90.0 Å². The van der Waals surface area contributed by atoms with Gasteiger partial charge < -0.3 is 0 Å². The molecule has 4 fully saturated rings. The van der Waals surface area contributed by atoms with Gasteiger partial charge in [0.1, 0.15) is 4.33 Å². The van der Waals surface area contributed by atoms with Crippen LogP contribution in [0.25, 0.3) is 0 Å². The molecule has 0 saturated heterocycles. The second-order valence-corrected chi connectivity index (χ2v) is 7.39. The van der Waals surface area contributed by atoms with Gasteiger partial charge in [-0.2, -0.15) is 0 Å². The molecule has 0 aromatic carbocycles. The summed E-state index contributed by atoms with van der Waals surface area (Å²) in [4.78, 5) is 0. The molecule has 0 nitrogen and oxygen atoms in total. The van der Waals surface area contributed by atoms with Crippen LogP contribution in [0.15, 0.2) is 0 Å². The molecule has 4 aliphatic carbocycles. The summed E-state index contributed by atoms with van der Waals surface area (Å²) in [5, 5.41) is 0. The van der Waals surface area contributed by atoms with Gasteiger partial charge >= 0.3 is 0 Å². The van der Waals surface area contributed by atoms with E-state index in [0.29, 0.717) is 11.3 Å². The van der Waals surface area contributed by atoms with Crippen LogP contribution in [0, 0.1) is 28.6 Å². The molecule has 0 spiro atoms. The topological polar surface area (TPSA) is 0 Å². The third-order valence-electron chi connectivity index (χ3n) is 5.51. The first-order chi connectivity index (χ1) is 5.83. The Bertz CT molecular complexity index is 280. The second kappa shape index (κ2) is 1.93. The zero-order valence-corrected chi connectivity index (χ0v) is 9.91. The van der Waals surface area contributed by atoms with Crippen LogP contribution in [0.1, 0.15) is 33.6 Å². The van der Waals surface area contributed by atoms with Gasteiger partial charge in [0.25, 0.3) is 0 Å². The fourth-order valence-corrected chi connectivity index (χ4v) is 5.27. The molecular weight excluding hydrogens is 203 g/mol. The van der Waals surface area contributed by atoms with Gasteiger partial charge in [0.05, 0.1) is 0 Å². The molecule has 2 unspecified atom stereocenters. The Kier molecular flexibility index (Phi) is 1.31. The van der Waals surface area contributed by atoms with E-state index in [-0.39, 0.29) is 5.41 Å². The minimum Gasteiger partial charge on any atom is -0.101 e. The molecule has 0 aliphatic heterocycles. The summed E-state index contributed by atoms with van der Waals surface area (Å²) in [5.74, 6) is 2.23. The maximum absolute atomic E-state index is 6.37. The van der Waals surface area contributed by atoms with Crippen molar-refractivity contribution >= 4 is 23.2 Å². The monoisotopic (exact) mass is 218 g/mol. The van der Waals surface area contributed by atoms with E-state index in [0.717, 1.165) is 11.8 Å². The summed E-state index contributed by atoms with van der Waals surface area (Å²) < 4.78 is -0.403. The molecule has 2 heteroatoms. The molecule has 0 aromatic heterocycles. The summed E-state index contributed by atoms with van der Waals surface area (Å²) in [6.07, 6.45) is 2.62. The molecule has 0 amide bonds. The first-order valence-electron chi connectivity index (χ1n) is 5.20. The lowest BCUT2D eigenvalue weighted by Crippen LogP contribution is -2.52. The highest BCUT2D eigenvalue weighted by Gasteiger charge is 2.83. The van der Waals surface area contributed by atoms with E-state index < -0.39 is 4.33 Å². The van der Waals surface area contributed by atoms with Crippen molar-refractivity contribution in [1.29, 1.82) is 0 Å². The fourth-order valence-electron chi connectivity index (χ4n) is 4.22. The van der Waals surface area contributed by atoms with Crippen LogP contribution in [0.4, 0.5) is 0 Å². The Balaban J connectivity index is 2.01. The smallest absolute Gasteiger partial charge is 0.101 e. The normalized spacial score (nSPS) is 59.3. The van der Waals surface area contributed by atoms with E-state index in [1.165, 1.54) is 12.8 Å². The van der Waals surface area contributed by atoms with Gasteiger partial charge in [-0.25, -0.2) is 0 Å². The number of rotatable bonds is 0.